The van der Waals surface area contributed by atoms with E-state index in [0.717, 1.165) is 22.3 Å². The van der Waals surface area contributed by atoms with Crippen LogP contribution in [-0.4, -0.2) is 10.2 Å². The van der Waals surface area contributed by atoms with Crippen LogP contribution in [-0.2, 0) is 10.8 Å². The molecule has 2 N–H and O–H groups in total. The second-order valence-electron chi connectivity index (χ2n) is 7.96. The van der Waals surface area contributed by atoms with Crippen LogP contribution in [0.3, 0.4) is 0 Å². The summed E-state index contributed by atoms with van der Waals surface area (Å²) < 4.78 is 0. The third kappa shape index (κ3) is 3.27. The number of phenolic OH excluding ortho intramolecular Hbond substituents is 2. The molecule has 0 aliphatic rings. The summed E-state index contributed by atoms with van der Waals surface area (Å²) in [4.78, 5) is 0. The van der Waals surface area contributed by atoms with Gasteiger partial charge in [-0.2, -0.15) is 0 Å². The second kappa shape index (κ2) is 5.35. The van der Waals surface area contributed by atoms with E-state index in [0.29, 0.717) is 11.5 Å². The van der Waals surface area contributed by atoms with Crippen molar-refractivity contribution in [3.8, 4) is 22.6 Å². The van der Waals surface area contributed by atoms with Gasteiger partial charge in [-0.1, -0.05) is 53.7 Å². The molecule has 2 heteroatoms. The van der Waals surface area contributed by atoms with Crippen LogP contribution in [0, 0.1) is 0 Å². The van der Waals surface area contributed by atoms with E-state index < -0.39 is 0 Å². The van der Waals surface area contributed by atoms with E-state index in [2.05, 4.69) is 41.5 Å². The molecule has 0 bridgehead atoms. The van der Waals surface area contributed by atoms with Crippen LogP contribution >= 0.6 is 0 Å². The van der Waals surface area contributed by atoms with Gasteiger partial charge in [0.25, 0.3) is 0 Å². The first-order chi connectivity index (χ1) is 10.00. The average Bonchev–Trinajstić information content (AvgIpc) is 2.37. The molecule has 0 amide bonds. The molecule has 0 aliphatic carbocycles. The number of phenols is 2. The molecule has 0 saturated carbocycles. The zero-order chi connectivity index (χ0) is 16.7. The highest BCUT2D eigenvalue weighted by atomic mass is 16.3. The lowest BCUT2D eigenvalue weighted by atomic mass is 9.82. The van der Waals surface area contributed by atoms with Gasteiger partial charge in [0.2, 0.25) is 0 Å². The fourth-order valence-electron chi connectivity index (χ4n) is 2.63. The molecule has 0 spiro atoms. The molecule has 0 atom stereocenters. The van der Waals surface area contributed by atoms with Crippen molar-refractivity contribution >= 4 is 0 Å². The van der Waals surface area contributed by atoms with Crippen LogP contribution in [0.5, 0.6) is 11.5 Å². The highest BCUT2D eigenvalue weighted by Crippen LogP contribution is 2.37. The molecule has 0 radical (unpaired) electrons. The Morgan fingerprint density at radius 3 is 1.18 bits per heavy atom. The lowest BCUT2D eigenvalue weighted by Gasteiger charge is -2.23. The monoisotopic (exact) mass is 298 g/mol. The quantitative estimate of drug-likeness (QED) is 0.744. The zero-order valence-corrected chi connectivity index (χ0v) is 14.4. The van der Waals surface area contributed by atoms with Gasteiger partial charge in [0.15, 0.2) is 0 Å². The van der Waals surface area contributed by atoms with Crippen molar-refractivity contribution < 1.29 is 10.2 Å². The van der Waals surface area contributed by atoms with Gasteiger partial charge in [0.1, 0.15) is 11.5 Å². The molecule has 2 rings (SSSR count). The maximum absolute atomic E-state index is 10.1. The summed E-state index contributed by atoms with van der Waals surface area (Å²) in [5.74, 6) is 0.650. The van der Waals surface area contributed by atoms with Crippen LogP contribution in [0.1, 0.15) is 52.7 Å². The topological polar surface area (TPSA) is 40.5 Å². The van der Waals surface area contributed by atoms with Crippen molar-refractivity contribution in [1.29, 1.82) is 0 Å². The predicted molar refractivity (Wildman–Crippen MR) is 92.6 cm³/mol. The fraction of sp³-hybridized carbons (Fsp3) is 0.400. The first-order valence-electron chi connectivity index (χ1n) is 7.67. The summed E-state index contributed by atoms with van der Waals surface area (Å²) in [5, 5.41) is 20.2. The van der Waals surface area contributed by atoms with E-state index in [-0.39, 0.29) is 10.8 Å². The van der Waals surface area contributed by atoms with Crippen LogP contribution in [0.25, 0.3) is 11.1 Å². The van der Waals surface area contributed by atoms with Crippen molar-refractivity contribution in [2.24, 2.45) is 0 Å². The second-order valence-corrected chi connectivity index (χ2v) is 7.96. The van der Waals surface area contributed by atoms with Gasteiger partial charge in [-0.25, -0.2) is 0 Å². The lowest BCUT2D eigenvalue weighted by molar-refractivity contribution is 0.445. The number of rotatable bonds is 1. The standard InChI is InChI=1S/C20H26O2/c1-19(2,3)15-11-13(7-9-17(15)21)14-8-10-18(22)16(12-14)20(4,5)6/h7-12,21-22H,1-6H3. The molecule has 22 heavy (non-hydrogen) atoms. The molecule has 118 valence electrons. The molecule has 0 aromatic heterocycles. The smallest absolute Gasteiger partial charge is 0.119 e. The minimum atomic E-state index is -0.121. The van der Waals surface area contributed by atoms with E-state index in [1.807, 2.05) is 24.3 Å². The van der Waals surface area contributed by atoms with Gasteiger partial charge in [-0.3, -0.25) is 0 Å². The maximum Gasteiger partial charge on any atom is 0.119 e. The number of benzene rings is 2. The van der Waals surface area contributed by atoms with Crippen molar-refractivity contribution in [2.45, 2.75) is 52.4 Å². The van der Waals surface area contributed by atoms with Gasteiger partial charge >= 0.3 is 0 Å². The highest BCUT2D eigenvalue weighted by Gasteiger charge is 2.21. The normalized spacial score (nSPS) is 12.5. The summed E-state index contributed by atoms with van der Waals surface area (Å²) in [5.41, 5.74) is 3.71. The molecule has 0 heterocycles. The molecule has 2 aromatic rings. The van der Waals surface area contributed by atoms with Gasteiger partial charge in [-0.15, -0.1) is 0 Å². The first kappa shape index (κ1) is 16.4. The Morgan fingerprint density at radius 2 is 0.909 bits per heavy atom. The summed E-state index contributed by atoms with van der Waals surface area (Å²) in [6, 6.07) is 11.4. The third-order valence-corrected chi connectivity index (χ3v) is 3.94. The molecule has 0 unspecified atom stereocenters. The van der Waals surface area contributed by atoms with Gasteiger partial charge in [0, 0.05) is 0 Å². The first-order valence-corrected chi connectivity index (χ1v) is 7.67. The lowest BCUT2D eigenvalue weighted by Crippen LogP contribution is -2.12. The Bertz CT molecular complexity index is 624. The van der Waals surface area contributed by atoms with Crippen molar-refractivity contribution in [3.63, 3.8) is 0 Å². The van der Waals surface area contributed by atoms with E-state index in [9.17, 15) is 10.2 Å². The predicted octanol–water partition coefficient (Wildman–Crippen LogP) is 5.36. The van der Waals surface area contributed by atoms with Crippen molar-refractivity contribution in [2.75, 3.05) is 0 Å². The molecular formula is C20H26O2. The van der Waals surface area contributed by atoms with E-state index in [4.69, 9.17) is 0 Å². The SMILES string of the molecule is CC(C)(C)c1cc(-c2ccc(O)c(C(C)(C)C)c2)ccc1O. The Kier molecular flexibility index (Phi) is 3.99. The zero-order valence-electron chi connectivity index (χ0n) is 14.4. The van der Waals surface area contributed by atoms with Crippen LogP contribution in [0.15, 0.2) is 36.4 Å². The summed E-state index contributed by atoms with van der Waals surface area (Å²) in [6.45, 7) is 12.5. The number of hydrogen-bond donors (Lipinski definition) is 2. The van der Waals surface area contributed by atoms with Crippen LogP contribution in [0.2, 0.25) is 0 Å². The Balaban J connectivity index is 2.59. The average molecular weight is 298 g/mol. The van der Waals surface area contributed by atoms with Gasteiger partial charge in [0.05, 0.1) is 0 Å². The molecule has 0 aliphatic heterocycles. The molecule has 0 saturated heterocycles. The Hall–Kier alpha value is -1.96. The molecular weight excluding hydrogens is 272 g/mol. The fourth-order valence-corrected chi connectivity index (χ4v) is 2.63. The molecule has 0 fully saturated rings. The van der Waals surface area contributed by atoms with E-state index in [1.165, 1.54) is 0 Å². The third-order valence-electron chi connectivity index (χ3n) is 3.94. The van der Waals surface area contributed by atoms with Crippen LogP contribution < -0.4 is 0 Å². The van der Waals surface area contributed by atoms with E-state index >= 15 is 0 Å². The van der Waals surface area contributed by atoms with Crippen LogP contribution in [0.4, 0.5) is 0 Å². The number of hydrogen-bond acceptors (Lipinski definition) is 2. The maximum atomic E-state index is 10.1. The van der Waals surface area contributed by atoms with Gasteiger partial charge < -0.3 is 10.2 Å². The van der Waals surface area contributed by atoms with Gasteiger partial charge in [-0.05, 0) is 57.3 Å². The van der Waals surface area contributed by atoms with Crippen molar-refractivity contribution in [3.05, 3.63) is 47.5 Å². The van der Waals surface area contributed by atoms with Crippen molar-refractivity contribution in [1.82, 2.24) is 0 Å². The summed E-state index contributed by atoms with van der Waals surface area (Å²) in [7, 11) is 0. The summed E-state index contributed by atoms with van der Waals surface area (Å²) in [6.07, 6.45) is 0. The summed E-state index contributed by atoms with van der Waals surface area (Å²) >= 11 is 0. The highest BCUT2D eigenvalue weighted by molar-refractivity contribution is 5.68. The Labute approximate surface area is 133 Å². The minimum Gasteiger partial charge on any atom is -0.508 e. The Morgan fingerprint density at radius 1 is 0.591 bits per heavy atom. The number of aromatic hydroxyl groups is 2. The largest absolute Gasteiger partial charge is 0.508 e. The van der Waals surface area contributed by atoms with E-state index in [1.54, 1.807) is 12.1 Å². The molecule has 2 aromatic carbocycles. The minimum absolute atomic E-state index is 0.121. The molecule has 2 nitrogen and oxygen atoms in total.